The third-order valence-electron chi connectivity index (χ3n) is 4.20. The molecule has 1 atom stereocenters. The molecule has 0 aromatic carbocycles. The first-order valence-corrected chi connectivity index (χ1v) is 7.33. The van der Waals surface area contributed by atoms with Crippen molar-refractivity contribution in [3.05, 3.63) is 0 Å². The number of nitrogens with zero attached hydrogens (tertiary/aromatic N) is 1. The monoisotopic (exact) mass is 254 g/mol. The molecule has 0 saturated carbocycles. The number of hydrogen-bond donors (Lipinski definition) is 1. The molecule has 1 amide bonds. The van der Waals surface area contributed by atoms with Crippen molar-refractivity contribution in [1.82, 2.24) is 10.2 Å². The number of nitrogens with one attached hydrogen (secondary N) is 1. The fraction of sp³-hybridized carbons (Fsp3) is 0.929. The molecule has 1 N–H and O–H groups in total. The van der Waals surface area contributed by atoms with Crippen LogP contribution in [-0.4, -0.2) is 50.2 Å². The Morgan fingerprint density at radius 1 is 1.28 bits per heavy atom. The molecular weight excluding hydrogens is 228 g/mol. The number of ether oxygens (including phenoxy) is 1. The lowest BCUT2D eigenvalue weighted by Gasteiger charge is -2.29. The molecule has 0 aromatic rings. The Kier molecular flexibility index (Phi) is 5.45. The lowest BCUT2D eigenvalue weighted by Crippen LogP contribution is -2.47. The minimum atomic E-state index is 0.0680. The largest absolute Gasteiger partial charge is 0.381 e. The molecule has 2 aliphatic rings. The Balaban J connectivity index is 1.69. The molecule has 2 saturated heterocycles. The molecule has 2 aliphatic heterocycles. The van der Waals surface area contributed by atoms with Gasteiger partial charge in [-0.05, 0) is 44.6 Å². The van der Waals surface area contributed by atoms with Gasteiger partial charge < -0.3 is 15.0 Å². The normalized spacial score (nSPS) is 25.9. The molecule has 2 fully saturated rings. The van der Waals surface area contributed by atoms with E-state index in [4.69, 9.17) is 4.74 Å². The second-order valence-electron chi connectivity index (χ2n) is 5.61. The Morgan fingerprint density at radius 3 is 2.72 bits per heavy atom. The van der Waals surface area contributed by atoms with Crippen molar-refractivity contribution in [2.45, 2.75) is 44.6 Å². The van der Waals surface area contributed by atoms with Gasteiger partial charge in [0.1, 0.15) is 0 Å². The van der Waals surface area contributed by atoms with Crippen molar-refractivity contribution in [2.75, 3.05) is 33.4 Å². The summed E-state index contributed by atoms with van der Waals surface area (Å²) < 4.78 is 5.36. The quantitative estimate of drug-likeness (QED) is 0.824. The lowest BCUT2D eigenvalue weighted by atomic mass is 9.96. The van der Waals surface area contributed by atoms with Crippen LogP contribution in [0, 0.1) is 5.92 Å². The van der Waals surface area contributed by atoms with Crippen LogP contribution in [0.25, 0.3) is 0 Å². The van der Waals surface area contributed by atoms with Crippen molar-refractivity contribution in [1.29, 1.82) is 0 Å². The average molecular weight is 254 g/mol. The predicted molar refractivity (Wildman–Crippen MR) is 71.4 cm³/mol. The highest BCUT2D eigenvalue weighted by molar-refractivity contribution is 5.81. The zero-order valence-corrected chi connectivity index (χ0v) is 11.5. The van der Waals surface area contributed by atoms with Gasteiger partial charge in [0.2, 0.25) is 5.91 Å². The van der Waals surface area contributed by atoms with E-state index in [9.17, 15) is 4.79 Å². The molecule has 104 valence electrons. The van der Waals surface area contributed by atoms with Crippen molar-refractivity contribution in [2.24, 2.45) is 5.92 Å². The van der Waals surface area contributed by atoms with Crippen LogP contribution in [0.4, 0.5) is 0 Å². The van der Waals surface area contributed by atoms with Gasteiger partial charge in [-0.3, -0.25) is 4.79 Å². The molecule has 0 bridgehead atoms. The van der Waals surface area contributed by atoms with E-state index in [1.807, 2.05) is 11.9 Å². The molecule has 4 heteroatoms. The molecule has 2 rings (SSSR count). The maximum absolute atomic E-state index is 12.2. The van der Waals surface area contributed by atoms with Crippen molar-refractivity contribution in [3.8, 4) is 0 Å². The second-order valence-corrected chi connectivity index (χ2v) is 5.61. The van der Waals surface area contributed by atoms with E-state index in [0.717, 1.165) is 57.9 Å². The number of carbonyl (C=O) groups excluding carboxylic acids is 1. The summed E-state index contributed by atoms with van der Waals surface area (Å²) in [5.74, 6) is 1.02. The number of likely N-dealkylation sites (N-methyl/N-ethyl adjacent to an activating group) is 1. The van der Waals surface area contributed by atoms with Crippen molar-refractivity contribution < 1.29 is 9.53 Å². The maximum atomic E-state index is 12.2. The summed E-state index contributed by atoms with van der Waals surface area (Å²) >= 11 is 0. The van der Waals surface area contributed by atoms with Gasteiger partial charge in [-0.1, -0.05) is 6.42 Å². The van der Waals surface area contributed by atoms with E-state index in [2.05, 4.69) is 5.32 Å². The molecule has 18 heavy (non-hydrogen) atoms. The molecule has 2 heterocycles. The van der Waals surface area contributed by atoms with Gasteiger partial charge in [0.15, 0.2) is 0 Å². The van der Waals surface area contributed by atoms with E-state index >= 15 is 0 Å². The summed E-state index contributed by atoms with van der Waals surface area (Å²) in [5, 5.41) is 3.33. The highest BCUT2D eigenvalue weighted by atomic mass is 16.5. The number of hydrogen-bond acceptors (Lipinski definition) is 3. The first kappa shape index (κ1) is 13.8. The number of amides is 1. The van der Waals surface area contributed by atoms with Gasteiger partial charge in [-0.2, -0.15) is 0 Å². The van der Waals surface area contributed by atoms with E-state index in [0.29, 0.717) is 0 Å². The summed E-state index contributed by atoms with van der Waals surface area (Å²) in [6.45, 7) is 3.67. The van der Waals surface area contributed by atoms with Gasteiger partial charge in [-0.25, -0.2) is 0 Å². The Labute approximate surface area is 110 Å². The third kappa shape index (κ3) is 3.95. The first-order chi connectivity index (χ1) is 8.77. The number of rotatable bonds is 4. The van der Waals surface area contributed by atoms with Gasteiger partial charge in [0.25, 0.3) is 0 Å². The van der Waals surface area contributed by atoms with Crippen molar-refractivity contribution in [3.63, 3.8) is 0 Å². The Morgan fingerprint density at radius 2 is 2.06 bits per heavy atom. The van der Waals surface area contributed by atoms with E-state index in [1.54, 1.807) is 0 Å². The second kappa shape index (κ2) is 7.10. The van der Waals surface area contributed by atoms with Crippen LogP contribution in [0.1, 0.15) is 38.5 Å². The predicted octanol–water partition coefficient (Wildman–Crippen LogP) is 1.40. The number of piperidine rings is 1. The summed E-state index contributed by atoms with van der Waals surface area (Å²) in [4.78, 5) is 14.1. The highest BCUT2D eigenvalue weighted by Gasteiger charge is 2.24. The zero-order valence-electron chi connectivity index (χ0n) is 11.5. The van der Waals surface area contributed by atoms with Gasteiger partial charge >= 0.3 is 0 Å². The van der Waals surface area contributed by atoms with Crippen LogP contribution >= 0.6 is 0 Å². The van der Waals surface area contributed by atoms with Crippen LogP contribution in [0.15, 0.2) is 0 Å². The van der Waals surface area contributed by atoms with E-state index in [-0.39, 0.29) is 11.9 Å². The molecule has 0 radical (unpaired) electrons. The minimum Gasteiger partial charge on any atom is -0.381 e. The van der Waals surface area contributed by atoms with Crippen LogP contribution in [0.5, 0.6) is 0 Å². The minimum absolute atomic E-state index is 0.0680. The molecule has 0 aliphatic carbocycles. The first-order valence-electron chi connectivity index (χ1n) is 7.33. The van der Waals surface area contributed by atoms with Crippen LogP contribution in [0.2, 0.25) is 0 Å². The highest BCUT2D eigenvalue weighted by Crippen LogP contribution is 2.19. The molecule has 4 nitrogen and oxygen atoms in total. The zero-order chi connectivity index (χ0) is 12.8. The average Bonchev–Trinajstić information content (AvgIpc) is 2.46. The summed E-state index contributed by atoms with van der Waals surface area (Å²) in [6.07, 6.45) is 6.82. The van der Waals surface area contributed by atoms with E-state index in [1.165, 1.54) is 12.8 Å². The van der Waals surface area contributed by atoms with Gasteiger partial charge in [0, 0.05) is 26.8 Å². The topological polar surface area (TPSA) is 41.6 Å². The Hall–Kier alpha value is -0.610. The molecular formula is C14H26N2O2. The lowest BCUT2D eigenvalue weighted by molar-refractivity contribution is -0.132. The van der Waals surface area contributed by atoms with Crippen LogP contribution in [-0.2, 0) is 9.53 Å². The Bertz CT molecular complexity index is 259. The smallest absolute Gasteiger partial charge is 0.239 e. The fourth-order valence-corrected chi connectivity index (χ4v) is 2.85. The number of carbonyl (C=O) groups is 1. The molecule has 0 spiro atoms. The van der Waals surface area contributed by atoms with Crippen LogP contribution < -0.4 is 5.32 Å². The van der Waals surface area contributed by atoms with E-state index < -0.39 is 0 Å². The summed E-state index contributed by atoms with van der Waals surface area (Å²) in [6, 6.07) is 0.0680. The molecule has 1 unspecified atom stereocenters. The standard InChI is InChI=1S/C14H26N2O2/c1-16(9-5-12-6-10-18-11-7-12)14(17)13-4-2-3-8-15-13/h12-13,15H,2-11H2,1H3. The summed E-state index contributed by atoms with van der Waals surface area (Å²) in [7, 11) is 1.94. The third-order valence-corrected chi connectivity index (χ3v) is 4.20. The SMILES string of the molecule is CN(CCC1CCOCC1)C(=O)C1CCCCN1. The maximum Gasteiger partial charge on any atom is 0.239 e. The fourth-order valence-electron chi connectivity index (χ4n) is 2.85. The van der Waals surface area contributed by atoms with Gasteiger partial charge in [-0.15, -0.1) is 0 Å². The summed E-state index contributed by atoms with van der Waals surface area (Å²) in [5.41, 5.74) is 0. The van der Waals surface area contributed by atoms with Crippen molar-refractivity contribution >= 4 is 5.91 Å². The van der Waals surface area contributed by atoms with Gasteiger partial charge in [0.05, 0.1) is 6.04 Å². The van der Waals surface area contributed by atoms with Crippen LogP contribution in [0.3, 0.4) is 0 Å². The molecule has 0 aromatic heterocycles.